The number of amides is 3. The summed E-state index contributed by atoms with van der Waals surface area (Å²) in [7, 11) is 0. The molecule has 0 unspecified atom stereocenters. The lowest BCUT2D eigenvalue weighted by molar-refractivity contribution is -0.137. The van der Waals surface area contributed by atoms with Crippen LogP contribution in [0, 0.1) is 0 Å². The summed E-state index contributed by atoms with van der Waals surface area (Å²) in [4.78, 5) is 41.6. The van der Waals surface area contributed by atoms with Crippen molar-refractivity contribution in [2.75, 3.05) is 26.2 Å². The van der Waals surface area contributed by atoms with E-state index in [1.165, 1.54) is 29.7 Å². The van der Waals surface area contributed by atoms with Crippen molar-refractivity contribution < 1.29 is 32.7 Å². The number of likely N-dealkylation sites (tertiary alicyclic amines) is 1. The van der Waals surface area contributed by atoms with Crippen molar-refractivity contribution in [3.8, 4) is 0 Å². The van der Waals surface area contributed by atoms with E-state index in [1.54, 1.807) is 4.90 Å². The second-order valence-electron chi connectivity index (χ2n) is 9.61. The quantitative estimate of drug-likeness (QED) is 0.422. The molecule has 4 rings (SSSR count). The fraction of sp³-hybridized carbons (Fsp3) is 0.538. The van der Waals surface area contributed by atoms with E-state index in [1.807, 2.05) is 6.92 Å². The van der Waals surface area contributed by atoms with Gasteiger partial charge < -0.3 is 26.4 Å². The molecule has 39 heavy (non-hydrogen) atoms. The zero-order valence-corrected chi connectivity index (χ0v) is 22.5. The van der Waals surface area contributed by atoms with Crippen molar-refractivity contribution in [2.24, 2.45) is 5.73 Å². The smallest absolute Gasteiger partial charge is 0.383 e. The first-order chi connectivity index (χ1) is 18.4. The van der Waals surface area contributed by atoms with Gasteiger partial charge in [-0.3, -0.25) is 14.4 Å². The highest BCUT2D eigenvalue weighted by Gasteiger charge is 2.36. The maximum absolute atomic E-state index is 12.6. The standard InChI is InChI=1S/C14H15F3N2O2.C12H19N3O2S/c15-14(16,17)11-5-3-4-10(8-11)13(21)18-9-12(20)19-6-1-2-7-19;1-2-14-10(16)9-7-15-11(18-9)12(17)5-3-8(13)4-6-12/h3-5,8H,1-2,6-7,9H2,(H,18,21);7-8,17H,2-6,13H2,1H3,(H,14,16). The number of aliphatic hydroxyl groups is 1. The monoisotopic (exact) mass is 569 g/mol. The molecule has 1 aromatic carbocycles. The number of hydrogen-bond acceptors (Lipinski definition) is 7. The number of rotatable bonds is 6. The van der Waals surface area contributed by atoms with Gasteiger partial charge in [0.15, 0.2) is 0 Å². The van der Waals surface area contributed by atoms with Gasteiger partial charge in [0.1, 0.15) is 15.5 Å². The van der Waals surface area contributed by atoms with E-state index >= 15 is 0 Å². The number of hydrogen-bond donors (Lipinski definition) is 4. The Morgan fingerprint density at radius 2 is 1.82 bits per heavy atom. The summed E-state index contributed by atoms with van der Waals surface area (Å²) in [6.07, 6.45) is 1.76. The molecule has 1 aliphatic carbocycles. The summed E-state index contributed by atoms with van der Waals surface area (Å²) >= 11 is 1.27. The molecule has 9 nitrogen and oxygen atoms in total. The molecule has 0 atom stereocenters. The predicted molar refractivity (Wildman–Crippen MR) is 140 cm³/mol. The highest BCUT2D eigenvalue weighted by molar-refractivity contribution is 7.13. The number of carbonyl (C=O) groups excluding carboxylic acids is 3. The van der Waals surface area contributed by atoms with Crippen molar-refractivity contribution in [3.63, 3.8) is 0 Å². The number of aromatic nitrogens is 1. The number of halogens is 3. The summed E-state index contributed by atoms with van der Waals surface area (Å²) < 4.78 is 37.7. The third kappa shape index (κ3) is 8.48. The predicted octanol–water partition coefficient (Wildman–Crippen LogP) is 3.04. The molecule has 0 radical (unpaired) electrons. The number of benzene rings is 1. The molecular weight excluding hydrogens is 535 g/mol. The van der Waals surface area contributed by atoms with Crippen molar-refractivity contribution in [1.82, 2.24) is 20.5 Å². The summed E-state index contributed by atoms with van der Waals surface area (Å²) in [5.41, 5.74) is 3.94. The van der Waals surface area contributed by atoms with E-state index in [4.69, 9.17) is 5.73 Å². The van der Waals surface area contributed by atoms with Crippen LogP contribution in [0.2, 0.25) is 0 Å². The maximum Gasteiger partial charge on any atom is 0.416 e. The molecule has 1 aromatic heterocycles. The van der Waals surface area contributed by atoms with Crippen molar-refractivity contribution in [3.05, 3.63) is 51.5 Å². The second kappa shape index (κ2) is 13.4. The Labute approximate surface area is 229 Å². The van der Waals surface area contributed by atoms with E-state index in [-0.39, 0.29) is 30.0 Å². The average molecular weight is 570 g/mol. The van der Waals surface area contributed by atoms with Crippen LogP contribution in [0.25, 0.3) is 0 Å². The van der Waals surface area contributed by atoms with Crippen LogP contribution in [-0.4, -0.2) is 64.9 Å². The van der Waals surface area contributed by atoms with Gasteiger partial charge in [0.2, 0.25) is 5.91 Å². The molecule has 214 valence electrons. The summed E-state index contributed by atoms with van der Waals surface area (Å²) in [6.45, 7) is 3.59. The summed E-state index contributed by atoms with van der Waals surface area (Å²) in [6, 6.07) is 4.29. The van der Waals surface area contributed by atoms with Crippen molar-refractivity contribution >= 4 is 29.1 Å². The Bertz CT molecular complexity index is 1140. The van der Waals surface area contributed by atoms with Gasteiger partial charge in [-0.1, -0.05) is 6.07 Å². The molecule has 3 amide bonds. The van der Waals surface area contributed by atoms with Crippen LogP contribution < -0.4 is 16.4 Å². The second-order valence-corrected chi connectivity index (χ2v) is 10.6. The number of nitrogens with one attached hydrogen (secondary N) is 2. The van der Waals surface area contributed by atoms with Crippen molar-refractivity contribution in [2.45, 2.75) is 63.3 Å². The normalized spacial score (nSPS) is 21.1. The van der Waals surface area contributed by atoms with Crippen LogP contribution in [0.4, 0.5) is 13.2 Å². The minimum atomic E-state index is -4.50. The lowest BCUT2D eigenvalue weighted by Gasteiger charge is -2.32. The maximum atomic E-state index is 12.6. The molecule has 0 spiro atoms. The van der Waals surface area contributed by atoms with Crippen LogP contribution in [0.1, 0.15) is 76.0 Å². The molecular formula is C26H34F3N5O4S. The Morgan fingerprint density at radius 3 is 2.44 bits per heavy atom. The van der Waals surface area contributed by atoms with Crippen LogP contribution in [0.5, 0.6) is 0 Å². The first-order valence-electron chi connectivity index (χ1n) is 12.9. The Hall–Kier alpha value is -3.03. The summed E-state index contributed by atoms with van der Waals surface area (Å²) in [5.74, 6) is -1.03. The molecule has 2 heterocycles. The van der Waals surface area contributed by atoms with Gasteiger partial charge >= 0.3 is 6.18 Å². The molecule has 1 saturated heterocycles. The minimum absolute atomic E-state index is 0.112. The number of alkyl halides is 3. The van der Waals surface area contributed by atoms with Gasteiger partial charge in [-0.15, -0.1) is 11.3 Å². The number of nitrogens with zero attached hydrogens (tertiary/aromatic N) is 2. The van der Waals surface area contributed by atoms with Crippen LogP contribution in [0.3, 0.4) is 0 Å². The number of nitrogens with two attached hydrogens (primary N) is 1. The molecule has 1 aliphatic heterocycles. The molecule has 13 heteroatoms. The Balaban J connectivity index is 0.000000218. The fourth-order valence-electron chi connectivity index (χ4n) is 4.35. The average Bonchev–Trinajstić information content (AvgIpc) is 3.62. The van der Waals surface area contributed by atoms with Crippen LogP contribution >= 0.6 is 11.3 Å². The molecule has 2 aliphatic rings. The SMILES string of the molecule is CCNC(=O)c1cnc(C2(O)CCC(N)CC2)s1.O=C(NCC(=O)N1CCCC1)c1cccc(C(F)(F)F)c1. The molecule has 1 saturated carbocycles. The number of carbonyl (C=O) groups is 3. The van der Waals surface area contributed by atoms with E-state index in [0.29, 0.717) is 42.4 Å². The van der Waals surface area contributed by atoms with Gasteiger partial charge in [-0.05, 0) is 63.6 Å². The fourth-order valence-corrected chi connectivity index (χ4v) is 5.32. The first-order valence-corrected chi connectivity index (χ1v) is 13.7. The van der Waals surface area contributed by atoms with Gasteiger partial charge in [0.05, 0.1) is 18.3 Å². The van der Waals surface area contributed by atoms with Crippen LogP contribution in [0.15, 0.2) is 30.5 Å². The highest BCUT2D eigenvalue weighted by atomic mass is 32.1. The zero-order valence-electron chi connectivity index (χ0n) is 21.7. The Kier molecular flexibility index (Phi) is 10.4. The third-order valence-corrected chi connectivity index (χ3v) is 7.82. The molecule has 2 aromatic rings. The van der Waals surface area contributed by atoms with E-state index < -0.39 is 23.2 Å². The molecule has 0 bridgehead atoms. The van der Waals surface area contributed by atoms with Gasteiger partial charge in [-0.2, -0.15) is 13.2 Å². The van der Waals surface area contributed by atoms with E-state index in [0.717, 1.165) is 37.8 Å². The number of thiazole rings is 1. The molecule has 5 N–H and O–H groups in total. The van der Waals surface area contributed by atoms with E-state index in [2.05, 4.69) is 15.6 Å². The third-order valence-electron chi connectivity index (χ3n) is 6.63. The largest absolute Gasteiger partial charge is 0.416 e. The summed E-state index contributed by atoms with van der Waals surface area (Å²) in [5, 5.41) is 16.3. The lowest BCUT2D eigenvalue weighted by atomic mass is 9.83. The minimum Gasteiger partial charge on any atom is -0.383 e. The highest BCUT2D eigenvalue weighted by Crippen LogP contribution is 2.38. The van der Waals surface area contributed by atoms with Crippen LogP contribution in [-0.2, 0) is 16.6 Å². The topological polar surface area (TPSA) is 138 Å². The van der Waals surface area contributed by atoms with Gasteiger partial charge in [0, 0.05) is 31.2 Å². The Morgan fingerprint density at radius 1 is 1.15 bits per heavy atom. The van der Waals surface area contributed by atoms with E-state index in [9.17, 15) is 32.7 Å². The van der Waals surface area contributed by atoms with Gasteiger partial charge in [0.25, 0.3) is 11.8 Å². The van der Waals surface area contributed by atoms with Crippen molar-refractivity contribution in [1.29, 1.82) is 0 Å². The lowest BCUT2D eigenvalue weighted by Crippen LogP contribution is -2.38. The van der Waals surface area contributed by atoms with Gasteiger partial charge in [-0.25, -0.2) is 4.98 Å². The zero-order chi connectivity index (χ0) is 28.6. The first kappa shape index (κ1) is 30.5. The molecule has 2 fully saturated rings.